The highest BCUT2D eigenvalue weighted by atomic mass is 19.4. The number of unbranched alkanes of at least 4 members (excludes halogenated alkanes) is 1. The van der Waals surface area contributed by atoms with E-state index in [1.807, 2.05) is 24.3 Å². The third-order valence-corrected chi connectivity index (χ3v) is 5.06. The molecule has 0 aliphatic rings. The lowest BCUT2D eigenvalue weighted by Crippen LogP contribution is -2.11. The maximum Gasteiger partial charge on any atom is 0.422 e. The molecule has 0 saturated heterocycles. The molecule has 1 nitrogen and oxygen atoms in total. The summed E-state index contributed by atoms with van der Waals surface area (Å²) in [4.78, 5) is 0. The highest BCUT2D eigenvalue weighted by Crippen LogP contribution is 2.36. The Bertz CT molecular complexity index is 1030. The Morgan fingerprint density at radius 3 is 1.91 bits per heavy atom. The molecule has 0 fully saturated rings. The number of hydrogen-bond acceptors (Lipinski definition) is 1. The summed E-state index contributed by atoms with van der Waals surface area (Å²) < 4.78 is 86.1. The average Bonchev–Trinajstić information content (AvgIpc) is 2.72. The van der Waals surface area contributed by atoms with Crippen molar-refractivity contribution in [2.45, 2.75) is 38.8 Å². The number of rotatable bonds is 8. The molecule has 0 amide bonds. The fourth-order valence-electron chi connectivity index (χ4n) is 3.32. The summed E-state index contributed by atoms with van der Waals surface area (Å²) >= 11 is 0. The van der Waals surface area contributed by atoms with E-state index in [0.717, 1.165) is 24.2 Å². The second-order valence-corrected chi connectivity index (χ2v) is 7.47. The molecule has 32 heavy (non-hydrogen) atoms. The number of halogens is 6. The number of aryl methyl sites for hydroxylation is 2. The molecule has 0 aliphatic heterocycles. The van der Waals surface area contributed by atoms with Crippen molar-refractivity contribution in [1.29, 1.82) is 0 Å². The fraction of sp³-hybridized carbons (Fsp3) is 0.280. The molecule has 0 atom stereocenters. The van der Waals surface area contributed by atoms with Crippen LogP contribution in [0.1, 0.15) is 36.5 Å². The SMILES string of the molecule is CCCCOc1ccc(CCc2ccc(-c3cc(F)c(C(F)(F)F)c(F)c3)c(F)c2)cc1. The van der Waals surface area contributed by atoms with Crippen LogP contribution in [0, 0.1) is 17.5 Å². The van der Waals surface area contributed by atoms with Crippen LogP contribution in [-0.4, -0.2) is 6.61 Å². The van der Waals surface area contributed by atoms with Gasteiger partial charge in [0.05, 0.1) is 6.61 Å². The van der Waals surface area contributed by atoms with Gasteiger partial charge in [-0.05, 0) is 66.3 Å². The van der Waals surface area contributed by atoms with Crippen LogP contribution >= 0.6 is 0 Å². The van der Waals surface area contributed by atoms with Crippen LogP contribution < -0.4 is 4.74 Å². The topological polar surface area (TPSA) is 9.23 Å². The molecule has 3 rings (SSSR count). The highest BCUT2D eigenvalue weighted by Gasteiger charge is 2.38. The van der Waals surface area contributed by atoms with Crippen LogP contribution in [0.5, 0.6) is 5.75 Å². The zero-order chi connectivity index (χ0) is 23.3. The number of ether oxygens (including phenoxy) is 1. The normalized spacial score (nSPS) is 11.6. The van der Waals surface area contributed by atoms with Crippen LogP contribution in [0.3, 0.4) is 0 Å². The van der Waals surface area contributed by atoms with E-state index in [9.17, 15) is 26.3 Å². The first-order chi connectivity index (χ1) is 15.2. The van der Waals surface area contributed by atoms with E-state index in [1.165, 1.54) is 12.1 Å². The maximum atomic E-state index is 14.6. The predicted octanol–water partition coefficient (Wildman–Crippen LogP) is 7.75. The molecule has 0 heterocycles. The van der Waals surface area contributed by atoms with E-state index in [-0.39, 0.29) is 11.1 Å². The molecule has 170 valence electrons. The van der Waals surface area contributed by atoms with Gasteiger partial charge in [-0.25, -0.2) is 13.2 Å². The van der Waals surface area contributed by atoms with E-state index >= 15 is 0 Å². The monoisotopic (exact) mass is 452 g/mol. The van der Waals surface area contributed by atoms with Crippen LogP contribution in [0.2, 0.25) is 0 Å². The van der Waals surface area contributed by atoms with Gasteiger partial charge in [-0.3, -0.25) is 0 Å². The third kappa shape index (κ3) is 5.84. The highest BCUT2D eigenvalue weighted by molar-refractivity contribution is 5.65. The molecular formula is C25H22F6O. The minimum absolute atomic E-state index is 0.172. The van der Waals surface area contributed by atoms with Crippen LogP contribution in [0.25, 0.3) is 11.1 Å². The summed E-state index contributed by atoms with van der Waals surface area (Å²) in [5.74, 6) is -3.54. The molecule has 0 unspecified atom stereocenters. The number of benzene rings is 3. The van der Waals surface area contributed by atoms with Crippen molar-refractivity contribution in [3.05, 3.63) is 88.7 Å². The summed E-state index contributed by atoms with van der Waals surface area (Å²) in [5, 5.41) is 0. The van der Waals surface area contributed by atoms with Gasteiger partial charge in [-0.15, -0.1) is 0 Å². The summed E-state index contributed by atoms with van der Waals surface area (Å²) in [6, 6.07) is 12.7. The largest absolute Gasteiger partial charge is 0.494 e. The van der Waals surface area contributed by atoms with Gasteiger partial charge in [0.15, 0.2) is 0 Å². The minimum atomic E-state index is -5.17. The lowest BCUT2D eigenvalue weighted by atomic mass is 9.98. The van der Waals surface area contributed by atoms with E-state index < -0.39 is 29.2 Å². The lowest BCUT2D eigenvalue weighted by Gasteiger charge is -2.12. The Morgan fingerprint density at radius 1 is 0.750 bits per heavy atom. The standard InChI is InChI=1S/C25H22F6O/c1-2-3-12-32-19-9-6-16(7-10-19)4-5-17-8-11-20(21(26)13-17)18-14-22(27)24(23(28)15-18)25(29,30)31/h6-11,13-15H,2-5,12H2,1H3. The second kappa shape index (κ2) is 10.1. The number of hydrogen-bond donors (Lipinski definition) is 0. The van der Waals surface area contributed by atoms with Gasteiger partial charge in [-0.1, -0.05) is 37.6 Å². The van der Waals surface area contributed by atoms with Gasteiger partial charge in [0.25, 0.3) is 0 Å². The molecule has 0 radical (unpaired) electrons. The molecular weight excluding hydrogens is 430 g/mol. The number of alkyl halides is 3. The summed E-state index contributed by atoms with van der Waals surface area (Å²) in [7, 11) is 0. The lowest BCUT2D eigenvalue weighted by molar-refractivity contribution is -0.142. The van der Waals surface area contributed by atoms with Crippen molar-refractivity contribution in [1.82, 2.24) is 0 Å². The van der Waals surface area contributed by atoms with Crippen molar-refractivity contribution in [2.24, 2.45) is 0 Å². The van der Waals surface area contributed by atoms with Crippen molar-refractivity contribution in [3.63, 3.8) is 0 Å². The van der Waals surface area contributed by atoms with Crippen molar-refractivity contribution in [2.75, 3.05) is 6.61 Å². The quantitative estimate of drug-likeness (QED) is 0.251. The van der Waals surface area contributed by atoms with Crippen molar-refractivity contribution in [3.8, 4) is 16.9 Å². The fourth-order valence-corrected chi connectivity index (χ4v) is 3.32. The molecule has 0 bridgehead atoms. The summed E-state index contributed by atoms with van der Waals surface area (Å²) in [6.45, 7) is 2.75. The predicted molar refractivity (Wildman–Crippen MR) is 111 cm³/mol. The molecule has 0 N–H and O–H groups in total. The van der Waals surface area contributed by atoms with E-state index in [1.54, 1.807) is 6.07 Å². The van der Waals surface area contributed by atoms with E-state index in [0.29, 0.717) is 37.1 Å². The smallest absolute Gasteiger partial charge is 0.422 e. The van der Waals surface area contributed by atoms with Gasteiger partial charge in [0.1, 0.15) is 28.8 Å². The second-order valence-electron chi connectivity index (χ2n) is 7.47. The average molecular weight is 452 g/mol. The molecule has 3 aromatic rings. The van der Waals surface area contributed by atoms with Crippen molar-refractivity contribution < 1.29 is 31.1 Å². The first-order valence-corrected chi connectivity index (χ1v) is 10.3. The Kier molecular flexibility index (Phi) is 7.48. The molecule has 0 aliphatic carbocycles. The van der Waals surface area contributed by atoms with Gasteiger partial charge >= 0.3 is 6.18 Å². The summed E-state index contributed by atoms with van der Waals surface area (Å²) in [6.07, 6.45) is -1.99. The van der Waals surface area contributed by atoms with Gasteiger partial charge in [0, 0.05) is 5.56 Å². The zero-order valence-electron chi connectivity index (χ0n) is 17.4. The van der Waals surface area contributed by atoms with Crippen LogP contribution in [0.15, 0.2) is 54.6 Å². The molecule has 0 aromatic heterocycles. The summed E-state index contributed by atoms with van der Waals surface area (Å²) in [5.41, 5.74) is -0.767. The molecule has 0 spiro atoms. The van der Waals surface area contributed by atoms with Crippen LogP contribution in [0.4, 0.5) is 26.3 Å². The maximum absolute atomic E-state index is 14.6. The molecule has 3 aromatic carbocycles. The Balaban J connectivity index is 1.69. The van der Waals surface area contributed by atoms with E-state index in [4.69, 9.17) is 4.74 Å². The molecule has 0 saturated carbocycles. The first kappa shape index (κ1) is 23.7. The Hall–Kier alpha value is -2.96. The Morgan fingerprint density at radius 2 is 1.34 bits per heavy atom. The van der Waals surface area contributed by atoms with Gasteiger partial charge < -0.3 is 4.74 Å². The minimum Gasteiger partial charge on any atom is -0.494 e. The van der Waals surface area contributed by atoms with Gasteiger partial charge in [-0.2, -0.15) is 13.2 Å². The van der Waals surface area contributed by atoms with E-state index in [2.05, 4.69) is 6.92 Å². The first-order valence-electron chi connectivity index (χ1n) is 10.3. The Labute approximate surface area is 182 Å². The zero-order valence-corrected chi connectivity index (χ0v) is 17.4. The van der Waals surface area contributed by atoms with Crippen molar-refractivity contribution >= 4 is 0 Å². The van der Waals surface area contributed by atoms with Crippen LogP contribution in [-0.2, 0) is 19.0 Å². The third-order valence-electron chi connectivity index (χ3n) is 5.06. The van der Waals surface area contributed by atoms with Gasteiger partial charge in [0.2, 0.25) is 0 Å². The molecule has 7 heteroatoms.